The first-order valence-corrected chi connectivity index (χ1v) is 9.03. The van der Waals surface area contributed by atoms with Crippen LogP contribution in [0.3, 0.4) is 0 Å². The van der Waals surface area contributed by atoms with Crippen molar-refractivity contribution in [2.75, 3.05) is 33.2 Å². The summed E-state index contributed by atoms with van der Waals surface area (Å²) in [7, 11) is 1.83. The third kappa shape index (κ3) is 6.54. The van der Waals surface area contributed by atoms with Crippen molar-refractivity contribution in [3.05, 3.63) is 15.6 Å². The highest BCUT2D eigenvalue weighted by molar-refractivity contribution is 14.0. The second-order valence-corrected chi connectivity index (χ2v) is 7.29. The fourth-order valence-corrected chi connectivity index (χ4v) is 3.84. The van der Waals surface area contributed by atoms with Crippen LogP contribution in [0.25, 0.3) is 0 Å². The van der Waals surface area contributed by atoms with E-state index in [1.165, 1.54) is 37.4 Å². The van der Waals surface area contributed by atoms with Crippen LogP contribution in [-0.4, -0.2) is 49.1 Å². The Bertz CT molecular complexity index is 503. The van der Waals surface area contributed by atoms with Crippen LogP contribution in [0, 0.1) is 19.8 Å². The largest absolute Gasteiger partial charge is 0.356 e. The van der Waals surface area contributed by atoms with E-state index in [1.54, 1.807) is 11.3 Å². The van der Waals surface area contributed by atoms with Gasteiger partial charge in [0.2, 0.25) is 0 Å². The van der Waals surface area contributed by atoms with Crippen LogP contribution in [0.2, 0.25) is 0 Å². The maximum Gasteiger partial charge on any atom is 0.191 e. The molecule has 0 aromatic carbocycles. The van der Waals surface area contributed by atoms with Crippen LogP contribution >= 0.6 is 35.3 Å². The van der Waals surface area contributed by atoms with Crippen LogP contribution < -0.4 is 10.6 Å². The molecule has 2 heterocycles. The first kappa shape index (κ1) is 20.6. The molecule has 0 aliphatic carbocycles. The van der Waals surface area contributed by atoms with Crippen molar-refractivity contribution in [3.8, 4) is 0 Å². The van der Waals surface area contributed by atoms with Crippen LogP contribution in [-0.2, 0) is 6.54 Å². The molecule has 1 unspecified atom stereocenters. The average Bonchev–Trinajstić information content (AvgIpc) is 3.06. The molecule has 2 rings (SSSR count). The first-order valence-electron chi connectivity index (χ1n) is 8.22. The Labute approximate surface area is 161 Å². The first-order chi connectivity index (χ1) is 10.6. The lowest BCUT2D eigenvalue weighted by atomic mass is 10.1. The highest BCUT2D eigenvalue weighted by Crippen LogP contribution is 2.17. The van der Waals surface area contributed by atoms with Crippen molar-refractivity contribution in [1.29, 1.82) is 0 Å². The zero-order valence-electron chi connectivity index (χ0n) is 14.7. The predicted molar refractivity (Wildman–Crippen MR) is 110 cm³/mol. The van der Waals surface area contributed by atoms with E-state index in [9.17, 15) is 0 Å². The summed E-state index contributed by atoms with van der Waals surface area (Å²) in [6.07, 6.45) is 2.54. The summed E-state index contributed by atoms with van der Waals surface area (Å²) in [5, 5.41) is 7.99. The summed E-state index contributed by atoms with van der Waals surface area (Å²) in [5.41, 5.74) is 1.12. The lowest BCUT2D eigenvalue weighted by Gasteiger charge is -2.16. The van der Waals surface area contributed by atoms with E-state index >= 15 is 0 Å². The van der Waals surface area contributed by atoms with Gasteiger partial charge >= 0.3 is 0 Å². The maximum atomic E-state index is 4.46. The number of aryl methyl sites for hydroxylation is 2. The highest BCUT2D eigenvalue weighted by atomic mass is 127. The van der Waals surface area contributed by atoms with Gasteiger partial charge in [-0.25, -0.2) is 4.98 Å². The molecule has 2 N–H and O–H groups in total. The molecule has 132 valence electrons. The van der Waals surface area contributed by atoms with Crippen LogP contribution in [0.1, 0.15) is 35.3 Å². The maximum absolute atomic E-state index is 4.46. The summed E-state index contributed by atoms with van der Waals surface area (Å²) in [4.78, 5) is 12.6. The highest BCUT2D eigenvalue weighted by Gasteiger charge is 2.21. The second-order valence-electron chi connectivity index (χ2n) is 6.00. The Balaban J connectivity index is 0.00000264. The van der Waals surface area contributed by atoms with Crippen molar-refractivity contribution in [2.45, 2.75) is 40.2 Å². The Morgan fingerprint density at radius 1 is 1.39 bits per heavy atom. The number of thiazole rings is 1. The van der Waals surface area contributed by atoms with Gasteiger partial charge in [0.15, 0.2) is 5.96 Å². The molecule has 0 radical (unpaired) electrons. The third-order valence-corrected chi connectivity index (χ3v) is 5.18. The monoisotopic (exact) mass is 451 g/mol. The van der Waals surface area contributed by atoms with E-state index in [4.69, 9.17) is 0 Å². The molecule has 1 aliphatic heterocycles. The molecule has 0 spiro atoms. The van der Waals surface area contributed by atoms with E-state index in [-0.39, 0.29) is 24.0 Å². The van der Waals surface area contributed by atoms with Gasteiger partial charge in [-0.1, -0.05) is 6.92 Å². The Morgan fingerprint density at radius 3 is 2.78 bits per heavy atom. The zero-order valence-corrected chi connectivity index (χ0v) is 17.8. The van der Waals surface area contributed by atoms with E-state index < -0.39 is 0 Å². The van der Waals surface area contributed by atoms with Gasteiger partial charge in [0, 0.05) is 25.0 Å². The molecule has 1 fully saturated rings. The molecule has 0 bridgehead atoms. The summed E-state index contributed by atoms with van der Waals surface area (Å²) >= 11 is 1.75. The predicted octanol–water partition coefficient (Wildman–Crippen LogP) is 2.77. The Kier molecular flexibility index (Phi) is 9.38. The number of aliphatic imine (C=N–C) groups is 1. The fourth-order valence-electron chi connectivity index (χ4n) is 2.96. The topological polar surface area (TPSA) is 52.5 Å². The molecule has 7 heteroatoms. The van der Waals surface area contributed by atoms with Gasteiger partial charge in [-0.3, -0.25) is 4.99 Å². The second kappa shape index (κ2) is 10.5. The van der Waals surface area contributed by atoms with Gasteiger partial charge in [-0.15, -0.1) is 35.3 Å². The Hall–Kier alpha value is -0.410. The fraction of sp³-hybridized carbons (Fsp3) is 0.750. The van der Waals surface area contributed by atoms with Gasteiger partial charge in [0.25, 0.3) is 0 Å². The number of guanidine groups is 1. The van der Waals surface area contributed by atoms with Gasteiger partial charge in [-0.2, -0.15) is 0 Å². The summed E-state index contributed by atoms with van der Waals surface area (Å²) in [6, 6.07) is 0. The van der Waals surface area contributed by atoms with Gasteiger partial charge in [0.05, 0.1) is 17.2 Å². The van der Waals surface area contributed by atoms with Gasteiger partial charge in [-0.05, 0) is 45.7 Å². The standard InChI is InChI=1S/C16H29N5S.HI/c1-5-7-21-8-6-14(11-21)9-18-16(17-4)19-10-15-12(2)20-13(3)22-15;/h14H,5-11H2,1-4H3,(H2,17,18,19);1H. The lowest BCUT2D eigenvalue weighted by molar-refractivity contribution is 0.324. The number of nitrogens with one attached hydrogen (secondary N) is 2. The van der Waals surface area contributed by atoms with E-state index in [0.717, 1.165) is 35.7 Å². The summed E-state index contributed by atoms with van der Waals surface area (Å²) in [6.45, 7) is 11.8. The number of likely N-dealkylation sites (tertiary alicyclic amines) is 1. The van der Waals surface area contributed by atoms with E-state index in [0.29, 0.717) is 0 Å². The number of rotatable bonds is 6. The molecule has 1 aliphatic rings. The summed E-state index contributed by atoms with van der Waals surface area (Å²) in [5.74, 6) is 1.62. The summed E-state index contributed by atoms with van der Waals surface area (Å²) < 4.78 is 0. The smallest absolute Gasteiger partial charge is 0.191 e. The molecule has 1 aromatic heterocycles. The van der Waals surface area contributed by atoms with Crippen molar-refractivity contribution in [2.24, 2.45) is 10.9 Å². The van der Waals surface area contributed by atoms with Gasteiger partial charge in [0.1, 0.15) is 0 Å². The molecule has 1 aromatic rings. The quantitative estimate of drug-likeness (QED) is 0.397. The van der Waals surface area contributed by atoms with Crippen molar-refractivity contribution in [3.63, 3.8) is 0 Å². The Morgan fingerprint density at radius 2 is 2.17 bits per heavy atom. The van der Waals surface area contributed by atoms with Crippen LogP contribution in [0.4, 0.5) is 0 Å². The SMILES string of the molecule is CCCN1CCC(CNC(=NC)NCc2sc(C)nc2C)C1.I. The molecule has 0 saturated carbocycles. The van der Waals surface area contributed by atoms with Gasteiger partial charge < -0.3 is 15.5 Å². The van der Waals surface area contributed by atoms with Crippen molar-refractivity contribution < 1.29 is 0 Å². The molecule has 1 saturated heterocycles. The van der Waals surface area contributed by atoms with E-state index in [1.807, 2.05) is 7.05 Å². The van der Waals surface area contributed by atoms with Crippen LogP contribution in [0.15, 0.2) is 4.99 Å². The lowest BCUT2D eigenvalue weighted by Crippen LogP contribution is -2.39. The number of hydrogen-bond acceptors (Lipinski definition) is 4. The minimum absolute atomic E-state index is 0. The van der Waals surface area contributed by atoms with Crippen LogP contribution in [0.5, 0.6) is 0 Å². The average molecular weight is 451 g/mol. The molecule has 0 amide bonds. The molecule has 23 heavy (non-hydrogen) atoms. The minimum Gasteiger partial charge on any atom is -0.356 e. The number of aromatic nitrogens is 1. The van der Waals surface area contributed by atoms with Crippen molar-refractivity contribution >= 4 is 41.3 Å². The molecular weight excluding hydrogens is 421 g/mol. The number of hydrogen-bond donors (Lipinski definition) is 2. The van der Waals surface area contributed by atoms with E-state index in [2.05, 4.69) is 46.3 Å². The van der Waals surface area contributed by atoms with Crippen molar-refractivity contribution in [1.82, 2.24) is 20.5 Å². The number of nitrogens with zero attached hydrogens (tertiary/aromatic N) is 3. The molecular formula is C16H30IN5S. The normalized spacial score (nSPS) is 18.8. The molecule has 5 nitrogen and oxygen atoms in total. The minimum atomic E-state index is 0. The zero-order chi connectivity index (χ0) is 15.9. The number of halogens is 1. The molecule has 1 atom stereocenters. The third-order valence-electron chi connectivity index (χ3n) is 4.11.